The molecule has 84 valence electrons. The Morgan fingerprint density at radius 3 is 2.14 bits per heavy atom. The standard InChI is InChI=1S/C5H9F3NO.C2H5.CH3.In/c1-9(2)3-4(10)5(6,7)8;1-2;;/h4H,3H2,1-2H3;1H2,2H3;1H3;/q-1;;;+1. The molecule has 6 heteroatoms. The van der Waals surface area contributed by atoms with Crippen molar-refractivity contribution < 1.29 is 16.0 Å². The quantitative estimate of drug-likeness (QED) is 0.771. The zero-order valence-electron chi connectivity index (χ0n) is 9.06. The molecule has 0 aromatic rings. The maximum absolute atomic E-state index is 12.5. The summed E-state index contributed by atoms with van der Waals surface area (Å²) in [6, 6.07) is 0. The molecule has 0 aromatic heterocycles. The minimum absolute atomic E-state index is 0.0786. The van der Waals surface area contributed by atoms with Crippen LogP contribution >= 0.6 is 0 Å². The predicted molar refractivity (Wildman–Crippen MR) is 51.6 cm³/mol. The minimum atomic E-state index is -4.23. The molecule has 0 fully saturated rings. The van der Waals surface area contributed by atoms with Crippen LogP contribution in [0.4, 0.5) is 13.2 Å². The number of hydrogen-bond donors (Lipinski definition) is 0. The molecular formula is C8H17F3InNO. The molecule has 0 saturated heterocycles. The van der Waals surface area contributed by atoms with Gasteiger partial charge in [-0.3, -0.25) is 0 Å². The fraction of sp³-hybridized carbons (Fsp3) is 1.00. The first-order chi connectivity index (χ1) is 6.27. The Kier molecular flexibility index (Phi) is 6.48. The third-order valence-corrected chi connectivity index (χ3v) is 7.41. The number of likely N-dealkylation sites (N-methyl/N-ethyl adjacent to an activating group) is 1. The molecule has 2 nitrogen and oxygen atoms in total. The van der Waals surface area contributed by atoms with E-state index < -0.39 is 34.2 Å². The summed E-state index contributed by atoms with van der Waals surface area (Å²) in [4.78, 5) is 1.51. The summed E-state index contributed by atoms with van der Waals surface area (Å²) in [7, 11) is 3.24. The van der Waals surface area contributed by atoms with Gasteiger partial charge < -0.3 is 0 Å². The number of nitrogens with zero attached hydrogens (tertiary/aromatic N) is 1. The van der Waals surface area contributed by atoms with E-state index in [4.69, 9.17) is 2.85 Å². The number of alkyl halides is 3. The van der Waals surface area contributed by atoms with Crippen LogP contribution in [0.1, 0.15) is 6.92 Å². The topological polar surface area (TPSA) is 12.5 Å². The first kappa shape index (κ1) is 14.6. The van der Waals surface area contributed by atoms with Gasteiger partial charge in [0, 0.05) is 0 Å². The molecule has 0 rings (SSSR count). The van der Waals surface area contributed by atoms with Gasteiger partial charge in [-0.05, 0) is 0 Å². The molecule has 0 bridgehead atoms. The van der Waals surface area contributed by atoms with Crippen molar-refractivity contribution in [1.82, 2.24) is 4.90 Å². The van der Waals surface area contributed by atoms with Crippen LogP contribution in [0.15, 0.2) is 0 Å². The predicted octanol–water partition coefficient (Wildman–Crippen LogP) is 2.14. The molecule has 0 spiro atoms. The van der Waals surface area contributed by atoms with Crippen molar-refractivity contribution in [1.29, 1.82) is 0 Å². The molecule has 14 heavy (non-hydrogen) atoms. The molecule has 0 aliphatic heterocycles. The average Bonchev–Trinajstić information content (AvgIpc) is 2.00. The van der Waals surface area contributed by atoms with Gasteiger partial charge in [-0.15, -0.1) is 0 Å². The van der Waals surface area contributed by atoms with E-state index in [0.717, 1.165) is 4.18 Å². The zero-order valence-corrected chi connectivity index (χ0v) is 12.4. The second-order valence-corrected chi connectivity index (χ2v) is 11.4. The van der Waals surface area contributed by atoms with Crippen molar-refractivity contribution in [2.75, 3.05) is 20.6 Å². The number of halogens is 3. The van der Waals surface area contributed by atoms with Crippen molar-refractivity contribution in [3.05, 3.63) is 0 Å². The Balaban J connectivity index is 4.26. The van der Waals surface area contributed by atoms with Crippen LogP contribution in [0.2, 0.25) is 8.86 Å². The van der Waals surface area contributed by atoms with Crippen LogP contribution in [0.5, 0.6) is 0 Å². The third-order valence-electron chi connectivity index (χ3n) is 1.87. The van der Waals surface area contributed by atoms with Crippen molar-refractivity contribution in [2.45, 2.75) is 28.1 Å². The fourth-order valence-corrected chi connectivity index (χ4v) is 3.77. The first-order valence-corrected chi connectivity index (χ1v) is 11.6. The van der Waals surface area contributed by atoms with Crippen LogP contribution in [0.3, 0.4) is 0 Å². The monoisotopic (exact) mass is 315 g/mol. The van der Waals surface area contributed by atoms with Crippen molar-refractivity contribution in [3.8, 4) is 0 Å². The molecule has 0 radical (unpaired) electrons. The van der Waals surface area contributed by atoms with Gasteiger partial charge in [0.05, 0.1) is 0 Å². The van der Waals surface area contributed by atoms with E-state index in [9.17, 15) is 13.2 Å². The molecule has 0 aromatic carbocycles. The van der Waals surface area contributed by atoms with Gasteiger partial charge in [0.25, 0.3) is 0 Å². The van der Waals surface area contributed by atoms with Gasteiger partial charge >= 0.3 is 91.5 Å². The molecule has 1 unspecified atom stereocenters. The Bertz CT molecular complexity index is 163. The normalized spacial score (nSPS) is 14.6. The molecule has 0 N–H and O–H groups in total. The molecule has 0 aliphatic rings. The average molecular weight is 315 g/mol. The fourth-order valence-electron chi connectivity index (χ4n) is 0.932. The first-order valence-electron chi connectivity index (χ1n) is 4.64. The second-order valence-electron chi connectivity index (χ2n) is 3.65. The van der Waals surface area contributed by atoms with Crippen LogP contribution in [0, 0.1) is 0 Å². The van der Waals surface area contributed by atoms with E-state index in [1.807, 2.05) is 11.6 Å². The summed E-state index contributed by atoms with van der Waals surface area (Å²) in [5.74, 6) is 0. The Hall–Kier alpha value is 0.580. The van der Waals surface area contributed by atoms with Gasteiger partial charge in [-0.1, -0.05) is 0 Å². The summed E-state index contributed by atoms with van der Waals surface area (Å²) < 4.78 is 45.1. The summed E-state index contributed by atoms with van der Waals surface area (Å²) >= 11 is -2.30. The maximum atomic E-state index is 12.5. The van der Waals surface area contributed by atoms with E-state index in [0.29, 0.717) is 0 Å². The van der Waals surface area contributed by atoms with Crippen LogP contribution < -0.4 is 0 Å². The number of rotatable bonds is 5. The Morgan fingerprint density at radius 2 is 1.86 bits per heavy atom. The van der Waals surface area contributed by atoms with Crippen molar-refractivity contribution in [3.63, 3.8) is 0 Å². The van der Waals surface area contributed by atoms with E-state index in [1.54, 1.807) is 14.1 Å². The molecular weight excluding hydrogens is 298 g/mol. The summed E-state index contributed by atoms with van der Waals surface area (Å²) in [6.07, 6.45) is -5.83. The van der Waals surface area contributed by atoms with Gasteiger partial charge in [-0.25, -0.2) is 0 Å². The SMILES string of the molecule is C[CH2][In]([CH3])[O]C(CN(C)C)C(F)(F)F. The van der Waals surface area contributed by atoms with Gasteiger partial charge in [0.2, 0.25) is 0 Å². The molecule has 0 amide bonds. The number of hydrogen-bond acceptors (Lipinski definition) is 2. The van der Waals surface area contributed by atoms with E-state index in [2.05, 4.69) is 0 Å². The van der Waals surface area contributed by atoms with Gasteiger partial charge in [0.15, 0.2) is 0 Å². The molecule has 1 atom stereocenters. The van der Waals surface area contributed by atoms with E-state index in [1.165, 1.54) is 4.90 Å². The molecule has 0 heterocycles. The summed E-state index contributed by atoms with van der Waals surface area (Å²) in [5, 5.41) is 0. The zero-order chi connectivity index (χ0) is 11.4. The van der Waals surface area contributed by atoms with E-state index >= 15 is 0 Å². The van der Waals surface area contributed by atoms with E-state index in [-0.39, 0.29) is 6.54 Å². The van der Waals surface area contributed by atoms with Crippen molar-refractivity contribution in [2.24, 2.45) is 0 Å². The summed E-state index contributed by atoms with van der Waals surface area (Å²) in [5.41, 5.74) is 0. The van der Waals surface area contributed by atoms with Crippen LogP contribution in [-0.2, 0) is 2.85 Å². The van der Waals surface area contributed by atoms with Gasteiger partial charge in [-0.2, -0.15) is 0 Å². The second kappa shape index (κ2) is 6.23. The molecule has 0 aliphatic carbocycles. The Morgan fingerprint density at radius 1 is 1.36 bits per heavy atom. The summed E-state index contributed by atoms with van der Waals surface area (Å²) in [6.45, 7) is 1.81. The van der Waals surface area contributed by atoms with Crippen molar-refractivity contribution >= 4 is 21.9 Å². The van der Waals surface area contributed by atoms with Crippen LogP contribution in [-0.4, -0.2) is 59.7 Å². The van der Waals surface area contributed by atoms with Crippen LogP contribution in [0.25, 0.3) is 0 Å². The Labute approximate surface area is 91.6 Å². The molecule has 0 saturated carbocycles. The van der Waals surface area contributed by atoms with Gasteiger partial charge in [0.1, 0.15) is 0 Å². The third kappa shape index (κ3) is 6.14.